The topological polar surface area (TPSA) is 75.6 Å². The third-order valence-corrected chi connectivity index (χ3v) is 2.56. The number of carbonyl (C=O) groups excluding carboxylic acids is 1. The first-order chi connectivity index (χ1) is 9.24. The van der Waals surface area contributed by atoms with Crippen LogP contribution in [0.25, 0.3) is 0 Å². The van der Waals surface area contributed by atoms with Gasteiger partial charge in [-0.25, -0.2) is 4.79 Å². The van der Waals surface area contributed by atoms with Crippen molar-refractivity contribution in [3.8, 4) is 5.75 Å². The van der Waals surface area contributed by atoms with E-state index in [4.69, 9.17) is 9.84 Å². The highest BCUT2D eigenvalue weighted by Gasteiger charge is 2.22. The van der Waals surface area contributed by atoms with Gasteiger partial charge in [-0.15, -0.1) is 0 Å². The molecule has 0 saturated carbocycles. The summed E-state index contributed by atoms with van der Waals surface area (Å²) in [4.78, 5) is 23.1. The van der Waals surface area contributed by atoms with Gasteiger partial charge in [0.1, 0.15) is 17.4 Å². The molecule has 1 amide bonds. The third-order valence-electron chi connectivity index (χ3n) is 2.56. The first kappa shape index (κ1) is 16.0. The van der Waals surface area contributed by atoms with Gasteiger partial charge in [-0.3, -0.25) is 4.79 Å². The van der Waals surface area contributed by atoms with E-state index >= 15 is 0 Å². The number of hydrogen-bond acceptors (Lipinski definition) is 3. The molecular formula is C15H21NO4. The summed E-state index contributed by atoms with van der Waals surface area (Å²) in [6, 6.07) is 5.90. The molecule has 5 heteroatoms. The molecule has 0 fully saturated rings. The van der Waals surface area contributed by atoms with E-state index in [1.165, 1.54) is 0 Å². The summed E-state index contributed by atoms with van der Waals surface area (Å²) < 4.78 is 5.72. The SMILES string of the molecule is CCC(NC(=O)c1ccccc1OC(C)(C)C)C(=O)O. The van der Waals surface area contributed by atoms with E-state index in [9.17, 15) is 9.59 Å². The Balaban J connectivity index is 2.96. The number of benzene rings is 1. The van der Waals surface area contributed by atoms with Gasteiger partial charge in [0.15, 0.2) is 0 Å². The van der Waals surface area contributed by atoms with E-state index in [0.29, 0.717) is 17.7 Å². The van der Waals surface area contributed by atoms with Gasteiger partial charge in [-0.2, -0.15) is 0 Å². The molecule has 20 heavy (non-hydrogen) atoms. The Morgan fingerprint density at radius 3 is 2.40 bits per heavy atom. The second-order valence-corrected chi connectivity index (χ2v) is 5.48. The van der Waals surface area contributed by atoms with Crippen molar-refractivity contribution in [1.29, 1.82) is 0 Å². The molecule has 2 N–H and O–H groups in total. The van der Waals surface area contributed by atoms with Gasteiger partial charge in [-0.05, 0) is 39.3 Å². The highest BCUT2D eigenvalue weighted by atomic mass is 16.5. The lowest BCUT2D eigenvalue weighted by Crippen LogP contribution is -2.40. The number of ether oxygens (including phenoxy) is 1. The Morgan fingerprint density at radius 1 is 1.30 bits per heavy atom. The number of aliphatic carboxylic acids is 1. The van der Waals surface area contributed by atoms with Crippen LogP contribution < -0.4 is 10.1 Å². The first-order valence-electron chi connectivity index (χ1n) is 6.56. The largest absolute Gasteiger partial charge is 0.487 e. The van der Waals surface area contributed by atoms with Crippen LogP contribution in [0.2, 0.25) is 0 Å². The van der Waals surface area contributed by atoms with Gasteiger partial charge in [0, 0.05) is 0 Å². The van der Waals surface area contributed by atoms with Gasteiger partial charge in [0.05, 0.1) is 5.56 Å². The lowest BCUT2D eigenvalue weighted by Gasteiger charge is -2.23. The Kier molecular flexibility index (Phi) is 5.13. The van der Waals surface area contributed by atoms with Crippen LogP contribution in [0.3, 0.4) is 0 Å². The Hall–Kier alpha value is -2.04. The molecule has 0 aliphatic rings. The van der Waals surface area contributed by atoms with Crippen molar-refractivity contribution >= 4 is 11.9 Å². The number of para-hydroxylation sites is 1. The smallest absolute Gasteiger partial charge is 0.326 e. The fourth-order valence-corrected chi connectivity index (χ4v) is 1.65. The van der Waals surface area contributed by atoms with Crippen molar-refractivity contribution in [3.05, 3.63) is 29.8 Å². The van der Waals surface area contributed by atoms with Crippen molar-refractivity contribution < 1.29 is 19.4 Å². The quantitative estimate of drug-likeness (QED) is 0.868. The summed E-state index contributed by atoms with van der Waals surface area (Å²) >= 11 is 0. The zero-order chi connectivity index (χ0) is 15.3. The number of rotatable bonds is 5. The summed E-state index contributed by atoms with van der Waals surface area (Å²) in [6.07, 6.45) is 0.323. The predicted octanol–water partition coefficient (Wildman–Crippen LogP) is 2.46. The Morgan fingerprint density at radius 2 is 1.90 bits per heavy atom. The predicted molar refractivity (Wildman–Crippen MR) is 76.0 cm³/mol. The van der Waals surface area contributed by atoms with Crippen LogP contribution in [0.4, 0.5) is 0 Å². The molecule has 0 aromatic heterocycles. The van der Waals surface area contributed by atoms with Gasteiger partial charge < -0.3 is 15.2 Å². The fourth-order valence-electron chi connectivity index (χ4n) is 1.65. The maximum absolute atomic E-state index is 12.2. The molecule has 0 saturated heterocycles. The average Bonchev–Trinajstić information content (AvgIpc) is 2.34. The molecule has 5 nitrogen and oxygen atoms in total. The highest BCUT2D eigenvalue weighted by Crippen LogP contribution is 2.23. The van der Waals surface area contributed by atoms with E-state index in [0.717, 1.165) is 0 Å². The number of carbonyl (C=O) groups is 2. The number of carboxylic acids is 1. The van der Waals surface area contributed by atoms with Crippen LogP contribution in [0, 0.1) is 0 Å². The number of nitrogens with one attached hydrogen (secondary N) is 1. The van der Waals surface area contributed by atoms with Crippen LogP contribution in [0.5, 0.6) is 5.75 Å². The van der Waals surface area contributed by atoms with E-state index in [1.54, 1.807) is 31.2 Å². The number of carboxylic acid groups (broad SMARTS) is 1. The van der Waals surface area contributed by atoms with Gasteiger partial charge in [0.25, 0.3) is 5.91 Å². The van der Waals surface area contributed by atoms with Crippen LogP contribution in [0.15, 0.2) is 24.3 Å². The minimum Gasteiger partial charge on any atom is -0.487 e. The average molecular weight is 279 g/mol. The van der Waals surface area contributed by atoms with Crippen LogP contribution >= 0.6 is 0 Å². The second kappa shape index (κ2) is 6.41. The fraction of sp³-hybridized carbons (Fsp3) is 0.467. The van der Waals surface area contributed by atoms with Crippen LogP contribution in [0.1, 0.15) is 44.5 Å². The molecule has 1 atom stereocenters. The highest BCUT2D eigenvalue weighted by molar-refractivity contribution is 5.98. The van der Waals surface area contributed by atoms with Crippen molar-refractivity contribution in [2.75, 3.05) is 0 Å². The minimum absolute atomic E-state index is 0.323. The molecule has 1 aromatic rings. The molecule has 1 aromatic carbocycles. The number of amides is 1. The molecule has 1 unspecified atom stereocenters. The van der Waals surface area contributed by atoms with Crippen LogP contribution in [-0.2, 0) is 4.79 Å². The molecule has 0 aliphatic heterocycles. The summed E-state index contributed by atoms with van der Waals surface area (Å²) in [7, 11) is 0. The Labute approximate surface area is 118 Å². The monoisotopic (exact) mass is 279 g/mol. The number of hydrogen-bond donors (Lipinski definition) is 2. The molecule has 0 bridgehead atoms. The maximum atomic E-state index is 12.2. The summed E-state index contributed by atoms with van der Waals surface area (Å²) in [6.45, 7) is 7.35. The zero-order valence-corrected chi connectivity index (χ0v) is 12.3. The molecule has 0 aliphatic carbocycles. The van der Waals surface area contributed by atoms with Gasteiger partial charge in [-0.1, -0.05) is 19.1 Å². The lowest BCUT2D eigenvalue weighted by molar-refractivity contribution is -0.139. The van der Waals surface area contributed by atoms with Crippen molar-refractivity contribution in [3.63, 3.8) is 0 Å². The lowest BCUT2D eigenvalue weighted by atomic mass is 10.1. The third kappa shape index (κ3) is 4.57. The molecule has 0 radical (unpaired) electrons. The van der Waals surface area contributed by atoms with Crippen molar-refractivity contribution in [2.24, 2.45) is 0 Å². The molecule has 0 spiro atoms. The van der Waals surface area contributed by atoms with Gasteiger partial charge >= 0.3 is 5.97 Å². The first-order valence-corrected chi connectivity index (χ1v) is 6.56. The van der Waals surface area contributed by atoms with Crippen molar-refractivity contribution in [1.82, 2.24) is 5.32 Å². The summed E-state index contributed by atoms with van der Waals surface area (Å²) in [5, 5.41) is 11.5. The van der Waals surface area contributed by atoms with E-state index in [-0.39, 0.29) is 0 Å². The Bertz CT molecular complexity index is 491. The normalized spacial score (nSPS) is 12.6. The van der Waals surface area contributed by atoms with Crippen molar-refractivity contribution in [2.45, 2.75) is 45.8 Å². The molecular weight excluding hydrogens is 258 g/mol. The second-order valence-electron chi connectivity index (χ2n) is 5.48. The standard InChI is InChI=1S/C15H21NO4/c1-5-11(14(18)19)16-13(17)10-8-6-7-9-12(10)20-15(2,3)4/h6-9,11H,5H2,1-4H3,(H,16,17)(H,18,19). The van der Waals surface area contributed by atoms with E-state index in [1.807, 2.05) is 20.8 Å². The summed E-state index contributed by atoms with van der Waals surface area (Å²) in [5.41, 5.74) is -0.102. The molecule has 110 valence electrons. The molecule has 1 rings (SSSR count). The zero-order valence-electron chi connectivity index (χ0n) is 12.3. The van der Waals surface area contributed by atoms with E-state index in [2.05, 4.69) is 5.32 Å². The van der Waals surface area contributed by atoms with E-state index < -0.39 is 23.5 Å². The van der Waals surface area contributed by atoms with Crippen LogP contribution in [-0.4, -0.2) is 28.6 Å². The van der Waals surface area contributed by atoms with Gasteiger partial charge in [0.2, 0.25) is 0 Å². The molecule has 0 heterocycles. The maximum Gasteiger partial charge on any atom is 0.326 e. The minimum atomic E-state index is -1.05. The summed E-state index contributed by atoms with van der Waals surface area (Å²) in [5.74, 6) is -1.05.